The Morgan fingerprint density at radius 3 is 2.78 bits per heavy atom. The third kappa shape index (κ3) is 3.69. The molecule has 1 aliphatic carbocycles. The van der Waals surface area contributed by atoms with E-state index >= 15 is 0 Å². The van der Waals surface area contributed by atoms with Crippen molar-refractivity contribution in [3.05, 3.63) is 29.8 Å². The van der Waals surface area contributed by atoms with Gasteiger partial charge >= 0.3 is 0 Å². The van der Waals surface area contributed by atoms with Crippen molar-refractivity contribution in [2.75, 3.05) is 20.2 Å². The zero-order chi connectivity index (χ0) is 16.1. The summed E-state index contributed by atoms with van der Waals surface area (Å²) in [4.78, 5) is 12.3. The van der Waals surface area contributed by atoms with Gasteiger partial charge in [0.15, 0.2) is 0 Å². The molecule has 0 aromatic heterocycles. The quantitative estimate of drug-likeness (QED) is 0.848. The van der Waals surface area contributed by atoms with Crippen LogP contribution in [0.5, 0.6) is 5.75 Å². The minimum absolute atomic E-state index is 0.0331. The second-order valence-corrected chi connectivity index (χ2v) is 6.96. The average Bonchev–Trinajstić information content (AvgIpc) is 3.25. The van der Waals surface area contributed by atoms with E-state index in [1.807, 2.05) is 12.1 Å². The van der Waals surface area contributed by atoms with Gasteiger partial charge in [0, 0.05) is 30.0 Å². The van der Waals surface area contributed by atoms with Crippen molar-refractivity contribution in [2.24, 2.45) is 0 Å². The monoisotopic (exact) mass is 316 g/mol. The summed E-state index contributed by atoms with van der Waals surface area (Å²) in [5, 5.41) is 6.60. The second-order valence-electron chi connectivity index (χ2n) is 6.96. The number of para-hydroxylation sites is 1. The maximum atomic E-state index is 12.3. The topological polar surface area (TPSA) is 50.4 Å². The third-order valence-corrected chi connectivity index (χ3v) is 5.46. The molecular formula is C19H28N2O2. The minimum atomic E-state index is 0.0331. The van der Waals surface area contributed by atoms with Crippen LogP contribution in [0.3, 0.4) is 0 Å². The Morgan fingerprint density at radius 2 is 2.09 bits per heavy atom. The van der Waals surface area contributed by atoms with E-state index in [1.54, 1.807) is 7.11 Å². The van der Waals surface area contributed by atoms with Crippen LogP contribution >= 0.6 is 0 Å². The Bertz CT molecular complexity index is 532. The van der Waals surface area contributed by atoms with Gasteiger partial charge in [-0.25, -0.2) is 0 Å². The summed E-state index contributed by atoms with van der Waals surface area (Å²) in [6.07, 6.45) is 7.58. The first kappa shape index (κ1) is 16.3. The van der Waals surface area contributed by atoms with Gasteiger partial charge in [-0.2, -0.15) is 0 Å². The van der Waals surface area contributed by atoms with Gasteiger partial charge < -0.3 is 15.4 Å². The van der Waals surface area contributed by atoms with E-state index in [0.29, 0.717) is 12.5 Å². The van der Waals surface area contributed by atoms with Crippen LogP contribution in [-0.2, 0) is 10.2 Å². The highest BCUT2D eigenvalue weighted by Crippen LogP contribution is 2.44. The summed E-state index contributed by atoms with van der Waals surface area (Å²) in [6, 6.07) is 8.63. The fraction of sp³-hybridized carbons (Fsp3) is 0.632. The number of rotatable bonds is 6. The normalized spacial score (nSPS) is 22.9. The molecule has 1 aliphatic heterocycles. The van der Waals surface area contributed by atoms with E-state index in [1.165, 1.54) is 24.8 Å². The molecule has 1 saturated heterocycles. The molecular weight excluding hydrogens is 288 g/mol. The van der Waals surface area contributed by atoms with E-state index in [9.17, 15) is 4.79 Å². The number of benzene rings is 1. The van der Waals surface area contributed by atoms with Crippen LogP contribution in [0.1, 0.15) is 50.5 Å². The Morgan fingerprint density at radius 1 is 1.30 bits per heavy atom. The molecule has 126 valence electrons. The van der Waals surface area contributed by atoms with Crippen molar-refractivity contribution in [3.63, 3.8) is 0 Å². The molecule has 0 spiro atoms. The van der Waals surface area contributed by atoms with E-state index in [4.69, 9.17) is 4.74 Å². The van der Waals surface area contributed by atoms with E-state index in [0.717, 1.165) is 38.1 Å². The van der Waals surface area contributed by atoms with E-state index < -0.39 is 0 Å². The predicted octanol–water partition coefficient (Wildman–Crippen LogP) is 2.77. The fourth-order valence-electron chi connectivity index (χ4n) is 4.17. The Balaban J connectivity index is 1.67. The minimum Gasteiger partial charge on any atom is -0.496 e. The van der Waals surface area contributed by atoms with Crippen molar-refractivity contribution in [1.82, 2.24) is 10.6 Å². The largest absolute Gasteiger partial charge is 0.496 e. The molecule has 0 bridgehead atoms. The van der Waals surface area contributed by atoms with Crippen LogP contribution in [0.25, 0.3) is 0 Å². The molecule has 1 saturated carbocycles. The third-order valence-electron chi connectivity index (χ3n) is 5.46. The summed E-state index contributed by atoms with van der Waals surface area (Å²) in [5.41, 5.74) is 1.28. The summed E-state index contributed by atoms with van der Waals surface area (Å²) >= 11 is 0. The summed E-state index contributed by atoms with van der Waals surface area (Å²) < 4.78 is 5.57. The number of nitrogens with one attached hydrogen (secondary N) is 2. The van der Waals surface area contributed by atoms with Crippen molar-refractivity contribution in [2.45, 2.75) is 56.4 Å². The lowest BCUT2D eigenvalue weighted by atomic mass is 9.78. The van der Waals surface area contributed by atoms with Crippen molar-refractivity contribution < 1.29 is 9.53 Å². The van der Waals surface area contributed by atoms with Gasteiger partial charge in [-0.1, -0.05) is 31.0 Å². The zero-order valence-corrected chi connectivity index (χ0v) is 14.1. The SMILES string of the molecule is COc1ccccc1C1(CNC(=O)CC2CCCN2)CCCC1. The van der Waals surface area contributed by atoms with Crippen LogP contribution in [0.2, 0.25) is 0 Å². The Hall–Kier alpha value is -1.55. The molecule has 1 aromatic rings. The summed E-state index contributed by atoms with van der Waals surface area (Å²) in [5.74, 6) is 1.12. The standard InChI is InChI=1S/C19H28N2O2/c1-23-17-9-3-2-8-16(17)19(10-4-5-11-19)14-21-18(22)13-15-7-6-12-20-15/h2-3,8-9,15,20H,4-7,10-14H2,1H3,(H,21,22). The number of amides is 1. The number of ether oxygens (including phenoxy) is 1. The summed E-state index contributed by atoms with van der Waals surface area (Å²) in [7, 11) is 1.73. The van der Waals surface area contributed by atoms with Crippen molar-refractivity contribution in [3.8, 4) is 5.75 Å². The molecule has 1 atom stereocenters. The predicted molar refractivity (Wildman–Crippen MR) is 91.8 cm³/mol. The molecule has 1 unspecified atom stereocenters. The maximum absolute atomic E-state index is 12.3. The highest BCUT2D eigenvalue weighted by Gasteiger charge is 2.38. The number of carbonyl (C=O) groups excluding carboxylic acids is 1. The lowest BCUT2D eigenvalue weighted by Gasteiger charge is -2.31. The number of methoxy groups -OCH3 is 1. The second kappa shape index (κ2) is 7.35. The van der Waals surface area contributed by atoms with Gasteiger partial charge in [0.1, 0.15) is 5.75 Å². The van der Waals surface area contributed by atoms with Crippen molar-refractivity contribution in [1.29, 1.82) is 0 Å². The highest BCUT2D eigenvalue weighted by atomic mass is 16.5. The zero-order valence-electron chi connectivity index (χ0n) is 14.1. The van der Waals surface area contributed by atoms with Gasteiger partial charge in [0.05, 0.1) is 7.11 Å². The van der Waals surface area contributed by atoms with Gasteiger partial charge in [-0.3, -0.25) is 4.79 Å². The van der Waals surface area contributed by atoms with E-state index in [-0.39, 0.29) is 11.3 Å². The number of hydrogen-bond donors (Lipinski definition) is 2. The number of carbonyl (C=O) groups is 1. The average molecular weight is 316 g/mol. The first-order valence-electron chi connectivity index (χ1n) is 8.87. The fourth-order valence-corrected chi connectivity index (χ4v) is 4.17. The Kier molecular flexibility index (Phi) is 5.21. The molecule has 2 N–H and O–H groups in total. The number of hydrogen-bond acceptors (Lipinski definition) is 3. The molecule has 3 rings (SSSR count). The van der Waals surface area contributed by atoms with Crippen LogP contribution in [0.4, 0.5) is 0 Å². The molecule has 1 aromatic carbocycles. The summed E-state index contributed by atoms with van der Waals surface area (Å²) in [6.45, 7) is 1.77. The molecule has 2 aliphatic rings. The first-order chi connectivity index (χ1) is 11.2. The molecule has 1 heterocycles. The molecule has 4 nitrogen and oxygen atoms in total. The van der Waals surface area contributed by atoms with Crippen molar-refractivity contribution >= 4 is 5.91 Å². The molecule has 23 heavy (non-hydrogen) atoms. The molecule has 0 radical (unpaired) electrons. The highest BCUT2D eigenvalue weighted by molar-refractivity contribution is 5.76. The van der Waals surface area contributed by atoms with Gasteiger partial charge in [0.2, 0.25) is 5.91 Å². The Labute approximate surface area is 139 Å². The first-order valence-corrected chi connectivity index (χ1v) is 8.87. The van der Waals surface area contributed by atoms with Gasteiger partial charge in [0.25, 0.3) is 0 Å². The lowest BCUT2D eigenvalue weighted by Crippen LogP contribution is -2.41. The smallest absolute Gasteiger partial charge is 0.221 e. The van der Waals surface area contributed by atoms with E-state index in [2.05, 4.69) is 22.8 Å². The van der Waals surface area contributed by atoms with Gasteiger partial charge in [-0.05, 0) is 38.3 Å². The van der Waals surface area contributed by atoms with Crippen LogP contribution in [0.15, 0.2) is 24.3 Å². The van der Waals surface area contributed by atoms with Crippen LogP contribution in [0, 0.1) is 0 Å². The lowest BCUT2D eigenvalue weighted by molar-refractivity contribution is -0.121. The molecule has 2 fully saturated rings. The molecule has 1 amide bonds. The maximum Gasteiger partial charge on any atom is 0.221 e. The molecule has 4 heteroatoms. The van der Waals surface area contributed by atoms with Crippen LogP contribution in [-0.4, -0.2) is 32.1 Å². The van der Waals surface area contributed by atoms with Crippen LogP contribution < -0.4 is 15.4 Å². The van der Waals surface area contributed by atoms with Gasteiger partial charge in [-0.15, -0.1) is 0 Å².